The summed E-state index contributed by atoms with van der Waals surface area (Å²) in [6, 6.07) is -1.16. The van der Waals surface area contributed by atoms with Crippen molar-refractivity contribution in [2.24, 2.45) is 0 Å². The van der Waals surface area contributed by atoms with Gasteiger partial charge in [-0.2, -0.15) is 0 Å². The van der Waals surface area contributed by atoms with Crippen LogP contribution in [0.3, 0.4) is 0 Å². The van der Waals surface area contributed by atoms with Crippen LogP contribution in [0.2, 0.25) is 0 Å². The lowest BCUT2D eigenvalue weighted by atomic mass is 9.98. The second-order valence-electron chi connectivity index (χ2n) is 18.6. The normalized spacial score (nSPS) is 21.4. The van der Waals surface area contributed by atoms with E-state index < -0.39 is 74.2 Å². The minimum Gasteiger partial charge on any atom is -0.394 e. The van der Waals surface area contributed by atoms with Crippen LogP contribution >= 0.6 is 0 Å². The zero-order valence-electron chi connectivity index (χ0n) is 39.4. The summed E-state index contributed by atoms with van der Waals surface area (Å²) >= 11 is 0. The number of carbonyl (C=O) groups is 1. The molecule has 1 heterocycles. The lowest BCUT2D eigenvalue weighted by Gasteiger charge is -2.40. The molecular formula is C50H99NO10. The van der Waals surface area contributed by atoms with E-state index in [4.69, 9.17) is 9.47 Å². The average Bonchev–Trinajstić information content (AvgIpc) is 3.26. The Labute approximate surface area is 373 Å². The van der Waals surface area contributed by atoms with Crippen molar-refractivity contribution in [2.75, 3.05) is 13.2 Å². The summed E-state index contributed by atoms with van der Waals surface area (Å²) in [4.78, 5) is 13.1. The number of aliphatic hydroxyl groups is 7. The summed E-state index contributed by atoms with van der Waals surface area (Å²) < 4.78 is 11.1. The summed E-state index contributed by atoms with van der Waals surface area (Å²) in [5, 5.41) is 75.5. The predicted molar refractivity (Wildman–Crippen MR) is 247 cm³/mol. The molecule has 0 spiro atoms. The number of carbonyl (C=O) groups excluding carboxylic acids is 1. The van der Waals surface area contributed by atoms with Gasteiger partial charge in [-0.25, -0.2) is 0 Å². The van der Waals surface area contributed by atoms with Crippen LogP contribution in [0.4, 0.5) is 0 Å². The minimum absolute atomic E-state index is 0.266. The van der Waals surface area contributed by atoms with E-state index in [2.05, 4.69) is 19.2 Å². The topological polar surface area (TPSA) is 189 Å². The number of unbranched alkanes of at least 4 members (excludes halogenated alkanes) is 32. The molecule has 1 saturated heterocycles. The standard InChI is InChI=1S/C50H99NO10/c1-3-5-7-9-11-13-14-15-16-17-18-19-20-21-22-23-24-25-26-27-28-29-30-32-34-36-38-43(54)49(59)51-41(40-60-50-48(58)47(57)46(56)44(39-52)61-50)45(55)42(53)37-35-33-31-12-10-8-6-4-2/h41-48,50,52-58H,3-40H2,1-2H3,(H,51,59). The van der Waals surface area contributed by atoms with Gasteiger partial charge >= 0.3 is 0 Å². The smallest absolute Gasteiger partial charge is 0.249 e. The van der Waals surface area contributed by atoms with Crippen LogP contribution in [-0.2, 0) is 14.3 Å². The van der Waals surface area contributed by atoms with Gasteiger partial charge in [0, 0.05) is 0 Å². The maximum absolute atomic E-state index is 13.1. The molecule has 0 aromatic heterocycles. The number of hydrogen-bond acceptors (Lipinski definition) is 10. The number of nitrogens with one attached hydrogen (secondary N) is 1. The summed E-state index contributed by atoms with van der Waals surface area (Å²) in [7, 11) is 0. The highest BCUT2D eigenvalue weighted by Crippen LogP contribution is 2.23. The van der Waals surface area contributed by atoms with E-state index in [-0.39, 0.29) is 6.42 Å². The number of rotatable bonds is 44. The van der Waals surface area contributed by atoms with Crippen molar-refractivity contribution >= 4 is 5.91 Å². The Morgan fingerprint density at radius 3 is 1.21 bits per heavy atom. The van der Waals surface area contributed by atoms with Crippen LogP contribution in [-0.4, -0.2) is 110 Å². The fourth-order valence-electron chi connectivity index (χ4n) is 8.62. The lowest BCUT2D eigenvalue weighted by molar-refractivity contribution is -0.303. The third-order valence-corrected chi connectivity index (χ3v) is 12.9. The Balaban J connectivity index is 2.22. The van der Waals surface area contributed by atoms with E-state index in [1.807, 2.05) is 0 Å². The van der Waals surface area contributed by atoms with Crippen molar-refractivity contribution in [3.63, 3.8) is 0 Å². The number of amides is 1. The average molecular weight is 874 g/mol. The summed E-state index contributed by atoms with van der Waals surface area (Å²) in [5.74, 6) is -0.694. The van der Waals surface area contributed by atoms with Crippen LogP contribution < -0.4 is 5.32 Å². The highest BCUT2D eigenvalue weighted by Gasteiger charge is 2.44. The minimum atomic E-state index is -1.66. The SMILES string of the molecule is CCCCCCCCCCCCCCCCCCCCCCCCCCCCC(O)C(=O)NC(COC1OC(CO)C(O)C(O)C1O)C(O)C(O)CCCCCCCCCC. The largest absolute Gasteiger partial charge is 0.394 e. The number of aliphatic hydroxyl groups excluding tert-OH is 7. The fraction of sp³-hybridized carbons (Fsp3) is 0.980. The van der Waals surface area contributed by atoms with Crippen molar-refractivity contribution in [1.29, 1.82) is 0 Å². The van der Waals surface area contributed by atoms with E-state index in [0.717, 1.165) is 38.5 Å². The van der Waals surface area contributed by atoms with Crippen molar-refractivity contribution in [3.05, 3.63) is 0 Å². The number of ether oxygens (including phenoxy) is 2. The molecule has 11 heteroatoms. The summed E-state index contributed by atoms with van der Waals surface area (Å²) in [6.07, 6.45) is 31.9. The first kappa shape index (κ1) is 58.1. The van der Waals surface area contributed by atoms with Crippen molar-refractivity contribution in [3.8, 4) is 0 Å². The van der Waals surface area contributed by atoms with Crippen LogP contribution in [0.1, 0.15) is 245 Å². The van der Waals surface area contributed by atoms with E-state index in [9.17, 15) is 40.5 Å². The fourth-order valence-corrected chi connectivity index (χ4v) is 8.62. The van der Waals surface area contributed by atoms with Gasteiger partial charge in [0.25, 0.3) is 0 Å². The Morgan fingerprint density at radius 1 is 0.508 bits per heavy atom. The highest BCUT2D eigenvalue weighted by atomic mass is 16.7. The van der Waals surface area contributed by atoms with Crippen molar-refractivity contribution in [2.45, 2.75) is 300 Å². The quantitative estimate of drug-likeness (QED) is 0.0274. The molecule has 1 aliphatic rings. The van der Waals surface area contributed by atoms with Gasteiger partial charge < -0.3 is 50.5 Å². The molecule has 9 unspecified atom stereocenters. The molecule has 61 heavy (non-hydrogen) atoms. The van der Waals surface area contributed by atoms with Crippen LogP contribution in [0.15, 0.2) is 0 Å². The second kappa shape index (κ2) is 40.6. The van der Waals surface area contributed by atoms with E-state index >= 15 is 0 Å². The first-order chi connectivity index (χ1) is 29.7. The molecule has 8 N–H and O–H groups in total. The van der Waals surface area contributed by atoms with E-state index in [0.29, 0.717) is 19.3 Å². The zero-order valence-corrected chi connectivity index (χ0v) is 39.4. The van der Waals surface area contributed by atoms with Gasteiger partial charge in [-0.15, -0.1) is 0 Å². The third kappa shape index (κ3) is 30.0. The first-order valence-electron chi connectivity index (χ1n) is 25.9. The number of hydrogen-bond donors (Lipinski definition) is 8. The molecule has 1 aliphatic heterocycles. The summed E-state index contributed by atoms with van der Waals surface area (Å²) in [6.45, 7) is 3.42. The van der Waals surface area contributed by atoms with Crippen molar-refractivity contribution in [1.82, 2.24) is 5.32 Å². The summed E-state index contributed by atoms with van der Waals surface area (Å²) in [5.41, 5.74) is 0. The van der Waals surface area contributed by atoms with E-state index in [1.165, 1.54) is 167 Å². The molecule has 11 nitrogen and oxygen atoms in total. The van der Waals surface area contributed by atoms with Gasteiger partial charge in [0.1, 0.15) is 36.6 Å². The molecule has 364 valence electrons. The second-order valence-corrected chi connectivity index (χ2v) is 18.6. The molecule has 0 aromatic rings. The maximum Gasteiger partial charge on any atom is 0.249 e. The Hall–Kier alpha value is -0.890. The van der Waals surface area contributed by atoms with Gasteiger partial charge in [-0.1, -0.05) is 232 Å². The third-order valence-electron chi connectivity index (χ3n) is 12.9. The molecule has 1 fully saturated rings. The zero-order chi connectivity index (χ0) is 44.8. The Bertz CT molecular complexity index is 959. The van der Waals surface area contributed by atoms with Crippen molar-refractivity contribution < 1.29 is 50.0 Å². The Morgan fingerprint density at radius 2 is 0.852 bits per heavy atom. The van der Waals surface area contributed by atoms with Gasteiger partial charge in [-0.05, 0) is 12.8 Å². The molecule has 0 aliphatic carbocycles. The molecule has 0 bridgehead atoms. The monoisotopic (exact) mass is 874 g/mol. The molecule has 1 amide bonds. The molecule has 0 aromatic carbocycles. The maximum atomic E-state index is 13.1. The van der Waals surface area contributed by atoms with Gasteiger partial charge in [0.2, 0.25) is 5.91 Å². The highest BCUT2D eigenvalue weighted by molar-refractivity contribution is 5.80. The Kier molecular flexibility index (Phi) is 38.7. The van der Waals surface area contributed by atoms with Crippen LogP contribution in [0.5, 0.6) is 0 Å². The van der Waals surface area contributed by atoms with Crippen LogP contribution in [0, 0.1) is 0 Å². The molecule has 0 saturated carbocycles. The van der Waals surface area contributed by atoms with Gasteiger partial charge in [0.15, 0.2) is 6.29 Å². The van der Waals surface area contributed by atoms with Gasteiger partial charge in [-0.3, -0.25) is 4.79 Å². The molecule has 0 radical (unpaired) electrons. The molecule has 9 atom stereocenters. The molecule has 1 rings (SSSR count). The predicted octanol–water partition coefficient (Wildman–Crippen LogP) is 9.45. The van der Waals surface area contributed by atoms with Crippen LogP contribution in [0.25, 0.3) is 0 Å². The lowest BCUT2D eigenvalue weighted by Crippen LogP contribution is -2.60. The van der Waals surface area contributed by atoms with Gasteiger partial charge in [0.05, 0.1) is 25.4 Å². The van der Waals surface area contributed by atoms with E-state index in [1.54, 1.807) is 0 Å². The molecular weight excluding hydrogens is 775 g/mol. The first-order valence-corrected chi connectivity index (χ1v) is 25.9.